The predicted molar refractivity (Wildman–Crippen MR) is 87.9 cm³/mol. The van der Waals surface area contributed by atoms with Crippen LogP contribution in [0.15, 0.2) is 46.9 Å². The van der Waals surface area contributed by atoms with E-state index in [2.05, 4.69) is 41.9 Å². The van der Waals surface area contributed by atoms with Gasteiger partial charge in [-0.05, 0) is 41.5 Å². The lowest BCUT2D eigenvalue weighted by Crippen LogP contribution is -2.02. The molecule has 2 aromatic rings. The maximum Gasteiger partial charge on any atom is 0.105 e. The topological polar surface area (TPSA) is 20.2 Å². The van der Waals surface area contributed by atoms with Crippen LogP contribution in [0.3, 0.4) is 0 Å². The molecular formula is C18H21BrO. The van der Waals surface area contributed by atoms with Crippen LogP contribution in [0, 0.1) is 12.8 Å². The first-order chi connectivity index (χ1) is 9.49. The van der Waals surface area contributed by atoms with Crippen LogP contribution in [-0.2, 0) is 6.42 Å². The second-order valence-electron chi connectivity index (χ2n) is 5.72. The first-order valence-corrected chi connectivity index (χ1v) is 7.80. The van der Waals surface area contributed by atoms with Gasteiger partial charge in [0.15, 0.2) is 0 Å². The first kappa shape index (κ1) is 15.3. The molecule has 2 heteroatoms. The summed E-state index contributed by atoms with van der Waals surface area (Å²) in [6.45, 7) is 6.46. The minimum absolute atomic E-state index is 0.586. The third-order valence-electron chi connectivity index (χ3n) is 3.46. The van der Waals surface area contributed by atoms with E-state index in [1.54, 1.807) is 0 Å². The van der Waals surface area contributed by atoms with E-state index in [1.807, 2.05) is 37.3 Å². The highest BCUT2D eigenvalue weighted by Crippen LogP contribution is 2.30. The molecule has 106 valence electrons. The minimum atomic E-state index is -0.586. The molecule has 0 aliphatic rings. The van der Waals surface area contributed by atoms with Gasteiger partial charge in [-0.3, -0.25) is 0 Å². The predicted octanol–water partition coefficient (Wildman–Crippen LogP) is 5.04. The van der Waals surface area contributed by atoms with Crippen molar-refractivity contribution in [3.8, 4) is 0 Å². The Morgan fingerprint density at radius 3 is 2.30 bits per heavy atom. The van der Waals surface area contributed by atoms with Gasteiger partial charge in [0, 0.05) is 4.47 Å². The summed E-state index contributed by atoms with van der Waals surface area (Å²) >= 11 is 3.57. The molecule has 0 aliphatic carbocycles. The highest BCUT2D eigenvalue weighted by Gasteiger charge is 2.14. The van der Waals surface area contributed by atoms with Crippen molar-refractivity contribution in [2.75, 3.05) is 0 Å². The molecule has 0 aromatic heterocycles. The Labute approximate surface area is 129 Å². The first-order valence-electron chi connectivity index (χ1n) is 7.01. The van der Waals surface area contributed by atoms with Crippen molar-refractivity contribution in [3.63, 3.8) is 0 Å². The molecule has 1 nitrogen and oxygen atoms in total. The lowest BCUT2D eigenvalue weighted by Gasteiger charge is -2.15. The van der Waals surface area contributed by atoms with Crippen molar-refractivity contribution >= 4 is 15.9 Å². The highest BCUT2D eigenvalue weighted by molar-refractivity contribution is 9.10. The van der Waals surface area contributed by atoms with Crippen LogP contribution < -0.4 is 0 Å². The molecule has 0 spiro atoms. The van der Waals surface area contributed by atoms with E-state index in [4.69, 9.17) is 0 Å². The molecule has 20 heavy (non-hydrogen) atoms. The van der Waals surface area contributed by atoms with Crippen LogP contribution in [-0.4, -0.2) is 5.11 Å². The Morgan fingerprint density at radius 1 is 1.05 bits per heavy atom. The van der Waals surface area contributed by atoms with Gasteiger partial charge in [0.05, 0.1) is 0 Å². The second-order valence-corrected chi connectivity index (χ2v) is 6.51. The summed E-state index contributed by atoms with van der Waals surface area (Å²) in [7, 11) is 0. The van der Waals surface area contributed by atoms with E-state index < -0.39 is 6.10 Å². The fraction of sp³-hybridized carbons (Fsp3) is 0.333. The van der Waals surface area contributed by atoms with Gasteiger partial charge in [0.2, 0.25) is 0 Å². The third-order valence-corrected chi connectivity index (χ3v) is 4.54. The van der Waals surface area contributed by atoms with Gasteiger partial charge in [-0.15, -0.1) is 0 Å². The Bertz CT molecular complexity index is 572. The zero-order chi connectivity index (χ0) is 14.7. The number of hydrogen-bond donors (Lipinski definition) is 1. The van der Waals surface area contributed by atoms with E-state index >= 15 is 0 Å². The van der Waals surface area contributed by atoms with Crippen LogP contribution in [0.5, 0.6) is 0 Å². The Hall–Kier alpha value is -1.12. The fourth-order valence-corrected chi connectivity index (χ4v) is 2.85. The summed E-state index contributed by atoms with van der Waals surface area (Å²) in [5.41, 5.74) is 4.31. The summed E-state index contributed by atoms with van der Waals surface area (Å²) < 4.78 is 0.985. The number of aliphatic hydroxyl groups excluding tert-OH is 1. The minimum Gasteiger partial charge on any atom is -0.384 e. The normalized spacial score (nSPS) is 12.7. The maximum atomic E-state index is 10.5. The largest absolute Gasteiger partial charge is 0.384 e. The van der Waals surface area contributed by atoms with Crippen LogP contribution in [0.4, 0.5) is 0 Å². The monoisotopic (exact) mass is 332 g/mol. The zero-order valence-electron chi connectivity index (χ0n) is 12.2. The smallest absolute Gasteiger partial charge is 0.105 e. The Balaban J connectivity index is 2.25. The third kappa shape index (κ3) is 3.50. The average molecular weight is 333 g/mol. The van der Waals surface area contributed by atoms with Gasteiger partial charge in [-0.2, -0.15) is 0 Å². The number of rotatable bonds is 4. The van der Waals surface area contributed by atoms with Crippen LogP contribution in [0.2, 0.25) is 0 Å². The van der Waals surface area contributed by atoms with Crippen molar-refractivity contribution in [3.05, 3.63) is 69.2 Å². The summed E-state index contributed by atoms with van der Waals surface area (Å²) in [4.78, 5) is 0. The van der Waals surface area contributed by atoms with Crippen LogP contribution in [0.1, 0.15) is 42.2 Å². The molecule has 0 heterocycles. The molecule has 0 amide bonds. The van der Waals surface area contributed by atoms with Crippen molar-refractivity contribution in [1.29, 1.82) is 0 Å². The standard InChI is InChI=1S/C18H21BrO/c1-12(2)11-14-7-9-15(10-8-14)18(20)16-6-4-5-13(3)17(16)19/h4-10,12,18,20H,11H2,1-3H3. The summed E-state index contributed by atoms with van der Waals surface area (Å²) in [6, 6.07) is 14.3. The quantitative estimate of drug-likeness (QED) is 0.831. The zero-order valence-corrected chi connectivity index (χ0v) is 13.8. The van der Waals surface area contributed by atoms with Gasteiger partial charge in [-0.1, -0.05) is 72.2 Å². The Kier molecular flexibility index (Phi) is 5.00. The highest BCUT2D eigenvalue weighted by atomic mass is 79.9. The van der Waals surface area contributed by atoms with Crippen molar-refractivity contribution in [2.45, 2.75) is 33.3 Å². The van der Waals surface area contributed by atoms with E-state index in [1.165, 1.54) is 5.56 Å². The maximum absolute atomic E-state index is 10.5. The van der Waals surface area contributed by atoms with Gasteiger partial charge in [0.1, 0.15) is 6.10 Å². The number of aryl methyl sites for hydroxylation is 1. The molecule has 2 aromatic carbocycles. The molecule has 0 fully saturated rings. The molecule has 0 saturated heterocycles. The van der Waals surface area contributed by atoms with Crippen LogP contribution in [0.25, 0.3) is 0 Å². The van der Waals surface area contributed by atoms with Crippen molar-refractivity contribution < 1.29 is 5.11 Å². The number of halogens is 1. The molecule has 0 bridgehead atoms. The number of aliphatic hydroxyl groups is 1. The lowest BCUT2D eigenvalue weighted by atomic mass is 9.97. The molecular weight excluding hydrogens is 312 g/mol. The molecule has 0 radical (unpaired) electrons. The molecule has 2 rings (SSSR count). The summed E-state index contributed by atoms with van der Waals surface area (Å²) in [6.07, 6.45) is 0.488. The average Bonchev–Trinajstić information content (AvgIpc) is 2.41. The molecule has 0 aliphatic heterocycles. The summed E-state index contributed by atoms with van der Waals surface area (Å²) in [5.74, 6) is 0.650. The number of hydrogen-bond acceptors (Lipinski definition) is 1. The second kappa shape index (κ2) is 6.55. The molecule has 1 N–H and O–H groups in total. The lowest BCUT2D eigenvalue weighted by molar-refractivity contribution is 0.219. The van der Waals surface area contributed by atoms with Gasteiger partial charge in [0.25, 0.3) is 0 Å². The Morgan fingerprint density at radius 2 is 1.70 bits per heavy atom. The van der Waals surface area contributed by atoms with E-state index in [0.717, 1.165) is 27.6 Å². The summed E-state index contributed by atoms with van der Waals surface area (Å²) in [5, 5.41) is 10.5. The molecule has 1 atom stereocenters. The number of benzene rings is 2. The van der Waals surface area contributed by atoms with Gasteiger partial charge < -0.3 is 5.11 Å². The van der Waals surface area contributed by atoms with Crippen LogP contribution >= 0.6 is 15.9 Å². The SMILES string of the molecule is Cc1cccc(C(O)c2ccc(CC(C)C)cc2)c1Br. The molecule has 0 saturated carbocycles. The van der Waals surface area contributed by atoms with Crippen molar-refractivity contribution in [1.82, 2.24) is 0 Å². The van der Waals surface area contributed by atoms with E-state index in [9.17, 15) is 5.11 Å². The van der Waals surface area contributed by atoms with Gasteiger partial charge >= 0.3 is 0 Å². The fourth-order valence-electron chi connectivity index (χ4n) is 2.37. The van der Waals surface area contributed by atoms with Crippen molar-refractivity contribution in [2.24, 2.45) is 5.92 Å². The van der Waals surface area contributed by atoms with E-state index in [-0.39, 0.29) is 0 Å². The van der Waals surface area contributed by atoms with E-state index in [0.29, 0.717) is 5.92 Å². The molecule has 1 unspecified atom stereocenters. The van der Waals surface area contributed by atoms with Gasteiger partial charge in [-0.25, -0.2) is 0 Å².